The van der Waals surface area contributed by atoms with Crippen molar-refractivity contribution >= 4 is 23.2 Å². The van der Waals surface area contributed by atoms with Crippen LogP contribution in [0.4, 0.5) is 0 Å². The summed E-state index contributed by atoms with van der Waals surface area (Å²) in [5.74, 6) is 0. The molecule has 1 N–H and O–H groups in total. The minimum atomic E-state index is 0.307. The van der Waals surface area contributed by atoms with E-state index in [2.05, 4.69) is 18.3 Å². The van der Waals surface area contributed by atoms with Gasteiger partial charge in [-0.2, -0.15) is 0 Å². The molecule has 0 saturated heterocycles. The predicted molar refractivity (Wildman–Crippen MR) is 79.4 cm³/mol. The van der Waals surface area contributed by atoms with Crippen molar-refractivity contribution in [2.75, 3.05) is 6.54 Å². The molecule has 0 aliphatic heterocycles. The molecule has 0 heterocycles. The lowest BCUT2D eigenvalue weighted by molar-refractivity contribution is 0.573. The Kier molecular flexibility index (Phi) is 5.11. The van der Waals surface area contributed by atoms with Crippen molar-refractivity contribution < 1.29 is 0 Å². The third-order valence-corrected chi connectivity index (χ3v) is 4.21. The van der Waals surface area contributed by atoms with Crippen LogP contribution in [0.15, 0.2) is 29.8 Å². The molecule has 1 nitrogen and oxygen atoms in total. The van der Waals surface area contributed by atoms with E-state index in [0.717, 1.165) is 13.0 Å². The summed E-state index contributed by atoms with van der Waals surface area (Å²) in [6.45, 7) is 3.18. The van der Waals surface area contributed by atoms with Crippen molar-refractivity contribution in [2.24, 2.45) is 0 Å². The molecule has 2 rings (SSSR count). The summed E-state index contributed by atoms with van der Waals surface area (Å²) in [5, 5.41) is 4.77. The average molecular weight is 284 g/mol. The Bertz CT molecular complexity index is 440. The molecule has 0 saturated carbocycles. The summed E-state index contributed by atoms with van der Waals surface area (Å²) >= 11 is 11.9. The van der Waals surface area contributed by atoms with Gasteiger partial charge in [0.15, 0.2) is 0 Å². The first-order valence-corrected chi connectivity index (χ1v) is 7.28. The molecule has 1 aromatic carbocycles. The van der Waals surface area contributed by atoms with Crippen LogP contribution < -0.4 is 5.32 Å². The second kappa shape index (κ2) is 6.60. The lowest BCUT2D eigenvalue weighted by Crippen LogP contribution is -2.20. The molecule has 0 radical (unpaired) electrons. The zero-order valence-corrected chi connectivity index (χ0v) is 12.2. The fourth-order valence-electron chi connectivity index (χ4n) is 2.31. The molecule has 0 bridgehead atoms. The molecule has 0 aromatic heterocycles. The second-order valence-electron chi connectivity index (χ2n) is 4.85. The van der Waals surface area contributed by atoms with Gasteiger partial charge in [0.25, 0.3) is 0 Å². The number of halogens is 2. The normalized spacial score (nSPS) is 16.7. The van der Waals surface area contributed by atoms with E-state index in [-0.39, 0.29) is 0 Å². The van der Waals surface area contributed by atoms with Gasteiger partial charge in [-0.1, -0.05) is 40.9 Å². The quantitative estimate of drug-likeness (QED) is 0.738. The van der Waals surface area contributed by atoms with Crippen LogP contribution in [-0.2, 0) is 0 Å². The Balaban J connectivity index is 1.83. The number of rotatable bonds is 5. The summed E-state index contributed by atoms with van der Waals surface area (Å²) in [7, 11) is 0. The van der Waals surface area contributed by atoms with E-state index in [4.69, 9.17) is 23.2 Å². The van der Waals surface area contributed by atoms with E-state index in [9.17, 15) is 0 Å². The lowest BCUT2D eigenvalue weighted by atomic mass is 10.1. The van der Waals surface area contributed by atoms with Crippen LogP contribution in [0.1, 0.15) is 44.2 Å². The molecular formula is C15H19Cl2N. The van der Waals surface area contributed by atoms with E-state index >= 15 is 0 Å². The average Bonchev–Trinajstić information content (AvgIpc) is 2.85. The number of benzene rings is 1. The van der Waals surface area contributed by atoms with Gasteiger partial charge >= 0.3 is 0 Å². The van der Waals surface area contributed by atoms with Crippen molar-refractivity contribution in [3.63, 3.8) is 0 Å². The minimum absolute atomic E-state index is 0.307. The summed E-state index contributed by atoms with van der Waals surface area (Å²) in [6, 6.07) is 6.13. The van der Waals surface area contributed by atoms with Gasteiger partial charge in [-0.25, -0.2) is 0 Å². The molecule has 98 valence electrons. The molecule has 1 aliphatic carbocycles. The third-order valence-electron chi connectivity index (χ3n) is 3.48. The topological polar surface area (TPSA) is 12.0 Å². The predicted octanol–water partition coefficient (Wildman–Crippen LogP) is 5.14. The highest BCUT2D eigenvalue weighted by atomic mass is 35.5. The highest BCUT2D eigenvalue weighted by molar-refractivity contribution is 6.42. The number of hydrogen-bond donors (Lipinski definition) is 1. The van der Waals surface area contributed by atoms with Gasteiger partial charge in [0.2, 0.25) is 0 Å². The van der Waals surface area contributed by atoms with Crippen LogP contribution >= 0.6 is 23.2 Å². The monoisotopic (exact) mass is 283 g/mol. The first kappa shape index (κ1) is 13.9. The summed E-state index contributed by atoms with van der Waals surface area (Å²) in [6.07, 6.45) is 7.41. The number of hydrogen-bond acceptors (Lipinski definition) is 1. The van der Waals surface area contributed by atoms with Crippen LogP contribution in [0, 0.1) is 0 Å². The molecule has 1 aromatic rings. The fourth-order valence-corrected chi connectivity index (χ4v) is 2.62. The van der Waals surface area contributed by atoms with Gasteiger partial charge in [-0.15, -0.1) is 0 Å². The zero-order chi connectivity index (χ0) is 13.0. The molecule has 0 spiro atoms. The van der Waals surface area contributed by atoms with Crippen molar-refractivity contribution in [3.05, 3.63) is 45.5 Å². The van der Waals surface area contributed by atoms with Crippen LogP contribution in [0.25, 0.3) is 0 Å². The van der Waals surface area contributed by atoms with E-state index in [1.54, 1.807) is 5.57 Å². The molecule has 18 heavy (non-hydrogen) atoms. The molecule has 1 aliphatic rings. The maximum Gasteiger partial charge on any atom is 0.0595 e. The lowest BCUT2D eigenvalue weighted by Gasteiger charge is -2.15. The maximum absolute atomic E-state index is 6.03. The SMILES string of the molecule is CC(NCCC1=CCCC1)c1ccc(Cl)c(Cl)c1. The molecule has 0 fully saturated rings. The fraction of sp³-hybridized carbons (Fsp3) is 0.467. The van der Waals surface area contributed by atoms with Crippen LogP contribution in [-0.4, -0.2) is 6.54 Å². The maximum atomic E-state index is 6.03. The van der Waals surface area contributed by atoms with Gasteiger partial charge in [0.1, 0.15) is 0 Å². The van der Waals surface area contributed by atoms with E-state index in [0.29, 0.717) is 16.1 Å². The summed E-state index contributed by atoms with van der Waals surface area (Å²) in [5.41, 5.74) is 2.79. The Morgan fingerprint density at radius 3 is 2.78 bits per heavy atom. The molecule has 1 unspecified atom stereocenters. The van der Waals surface area contributed by atoms with Crippen molar-refractivity contribution in [2.45, 2.75) is 38.6 Å². The molecule has 1 atom stereocenters. The van der Waals surface area contributed by atoms with Gasteiger partial charge in [0, 0.05) is 6.04 Å². The van der Waals surface area contributed by atoms with Crippen molar-refractivity contribution in [1.82, 2.24) is 5.32 Å². The van der Waals surface area contributed by atoms with Gasteiger partial charge in [0.05, 0.1) is 10.0 Å². The highest BCUT2D eigenvalue weighted by Gasteiger charge is 2.08. The largest absolute Gasteiger partial charge is 0.310 e. The van der Waals surface area contributed by atoms with Gasteiger partial charge in [-0.05, 0) is 56.8 Å². The molecular weight excluding hydrogens is 265 g/mol. The standard InChI is InChI=1S/C15H19Cl2N/c1-11(13-6-7-14(16)15(17)10-13)18-9-8-12-4-2-3-5-12/h4,6-7,10-11,18H,2-3,5,8-9H2,1H3. The van der Waals surface area contributed by atoms with Gasteiger partial charge < -0.3 is 5.32 Å². The van der Waals surface area contributed by atoms with E-state index in [1.165, 1.54) is 24.8 Å². The molecule has 0 amide bonds. The first-order chi connectivity index (χ1) is 8.66. The summed E-state index contributed by atoms with van der Waals surface area (Å²) in [4.78, 5) is 0. The Morgan fingerprint density at radius 2 is 2.11 bits per heavy atom. The second-order valence-corrected chi connectivity index (χ2v) is 5.67. The summed E-state index contributed by atoms with van der Waals surface area (Å²) < 4.78 is 0. The van der Waals surface area contributed by atoms with Crippen LogP contribution in [0.5, 0.6) is 0 Å². The number of allylic oxidation sites excluding steroid dienone is 1. The van der Waals surface area contributed by atoms with Crippen molar-refractivity contribution in [3.8, 4) is 0 Å². The molecule has 3 heteroatoms. The third kappa shape index (κ3) is 3.74. The highest BCUT2D eigenvalue weighted by Crippen LogP contribution is 2.26. The van der Waals surface area contributed by atoms with Gasteiger partial charge in [-0.3, -0.25) is 0 Å². The number of nitrogens with one attached hydrogen (secondary N) is 1. The van der Waals surface area contributed by atoms with E-state index < -0.39 is 0 Å². The van der Waals surface area contributed by atoms with Crippen molar-refractivity contribution in [1.29, 1.82) is 0 Å². The zero-order valence-electron chi connectivity index (χ0n) is 10.7. The van der Waals surface area contributed by atoms with Crippen LogP contribution in [0.2, 0.25) is 10.0 Å². The smallest absolute Gasteiger partial charge is 0.0595 e. The minimum Gasteiger partial charge on any atom is -0.310 e. The van der Waals surface area contributed by atoms with Crippen LogP contribution in [0.3, 0.4) is 0 Å². The Labute approximate surface area is 119 Å². The van der Waals surface area contributed by atoms with E-state index in [1.807, 2.05) is 18.2 Å². The Hall–Kier alpha value is -0.500. The first-order valence-electron chi connectivity index (χ1n) is 6.53. The Morgan fingerprint density at radius 1 is 1.28 bits per heavy atom.